The van der Waals surface area contributed by atoms with Crippen molar-refractivity contribution >= 4 is 40.2 Å². The van der Waals surface area contributed by atoms with Gasteiger partial charge in [-0.05, 0) is 17.7 Å². The minimum absolute atomic E-state index is 0.118. The molecule has 3 aromatic rings. The van der Waals surface area contributed by atoms with Gasteiger partial charge >= 0.3 is 5.97 Å². The van der Waals surface area contributed by atoms with Gasteiger partial charge in [0.2, 0.25) is 0 Å². The zero-order valence-electron chi connectivity index (χ0n) is 12.0. The number of methoxy groups -OCH3 is 1. The first-order valence-corrected chi connectivity index (χ1v) is 7.33. The molecule has 0 aliphatic heterocycles. The maximum atomic E-state index is 11.4. The maximum Gasteiger partial charge on any atom is 0.358 e. The lowest BCUT2D eigenvalue weighted by Crippen LogP contribution is -2.05. The molecule has 1 N–H and O–H groups in total. The van der Waals surface area contributed by atoms with Gasteiger partial charge in [0.15, 0.2) is 5.69 Å². The standard InChI is InChI=1S/C15H11Cl2N3O3/c1-23-10-5-12-13(18-6-10)14(15(21)22)19-20(12)7-8-2-3-9(16)4-11(8)17/h2-6H,7H2,1H3,(H,21,22). The summed E-state index contributed by atoms with van der Waals surface area (Å²) in [5, 5.41) is 14.4. The fraction of sp³-hybridized carbons (Fsp3) is 0.133. The van der Waals surface area contributed by atoms with Crippen molar-refractivity contribution in [3.63, 3.8) is 0 Å². The summed E-state index contributed by atoms with van der Waals surface area (Å²) in [7, 11) is 1.51. The predicted octanol–water partition coefficient (Wildman–Crippen LogP) is 3.49. The lowest BCUT2D eigenvalue weighted by atomic mass is 10.2. The molecule has 0 aliphatic carbocycles. The summed E-state index contributed by atoms with van der Waals surface area (Å²) in [6, 6.07) is 6.80. The van der Waals surface area contributed by atoms with Crippen molar-refractivity contribution in [1.29, 1.82) is 0 Å². The van der Waals surface area contributed by atoms with Crippen molar-refractivity contribution in [2.45, 2.75) is 6.54 Å². The first-order valence-electron chi connectivity index (χ1n) is 6.57. The Labute approximate surface area is 141 Å². The molecule has 2 heterocycles. The number of halogens is 2. The molecular formula is C15H11Cl2N3O3. The van der Waals surface area contributed by atoms with E-state index in [0.717, 1.165) is 5.56 Å². The molecule has 0 spiro atoms. The maximum absolute atomic E-state index is 11.4. The molecule has 0 unspecified atom stereocenters. The van der Waals surface area contributed by atoms with Crippen LogP contribution in [0.2, 0.25) is 10.0 Å². The Balaban J connectivity index is 2.14. The van der Waals surface area contributed by atoms with Crippen LogP contribution in [0.1, 0.15) is 16.1 Å². The smallest absolute Gasteiger partial charge is 0.358 e. The molecule has 0 bridgehead atoms. The van der Waals surface area contributed by atoms with Gasteiger partial charge in [-0.3, -0.25) is 4.68 Å². The number of carboxylic acid groups (broad SMARTS) is 1. The van der Waals surface area contributed by atoms with Gasteiger partial charge in [0.05, 0.1) is 25.4 Å². The van der Waals surface area contributed by atoms with E-state index in [9.17, 15) is 9.90 Å². The minimum atomic E-state index is -1.14. The Morgan fingerprint density at radius 2 is 2.13 bits per heavy atom. The number of carbonyl (C=O) groups is 1. The highest BCUT2D eigenvalue weighted by molar-refractivity contribution is 6.35. The normalized spacial score (nSPS) is 10.9. The van der Waals surface area contributed by atoms with E-state index < -0.39 is 5.97 Å². The van der Waals surface area contributed by atoms with Crippen LogP contribution in [0.5, 0.6) is 5.75 Å². The van der Waals surface area contributed by atoms with Crippen LogP contribution in [0.15, 0.2) is 30.5 Å². The lowest BCUT2D eigenvalue weighted by Gasteiger charge is -2.07. The second-order valence-corrected chi connectivity index (χ2v) is 5.63. The number of benzene rings is 1. The highest BCUT2D eigenvalue weighted by atomic mass is 35.5. The van der Waals surface area contributed by atoms with Gasteiger partial charge in [0.1, 0.15) is 11.3 Å². The molecule has 0 saturated heterocycles. The van der Waals surface area contributed by atoms with Crippen LogP contribution in [0.25, 0.3) is 11.0 Å². The molecule has 2 aromatic heterocycles. The van der Waals surface area contributed by atoms with Crippen molar-refractivity contribution in [1.82, 2.24) is 14.8 Å². The Kier molecular flexibility index (Phi) is 4.11. The summed E-state index contributed by atoms with van der Waals surface area (Å²) in [6.45, 7) is 0.286. The molecule has 8 heteroatoms. The Morgan fingerprint density at radius 1 is 1.35 bits per heavy atom. The molecule has 1 aromatic carbocycles. The van der Waals surface area contributed by atoms with Gasteiger partial charge in [0.25, 0.3) is 0 Å². The van der Waals surface area contributed by atoms with Gasteiger partial charge in [-0.2, -0.15) is 5.10 Å². The number of hydrogen-bond donors (Lipinski definition) is 1. The largest absolute Gasteiger partial charge is 0.495 e. The van der Waals surface area contributed by atoms with Gasteiger partial charge in [0, 0.05) is 16.1 Å². The van der Waals surface area contributed by atoms with Crippen molar-refractivity contribution in [2.75, 3.05) is 7.11 Å². The summed E-state index contributed by atoms with van der Waals surface area (Å²) in [6.07, 6.45) is 1.45. The number of fused-ring (bicyclic) bond motifs is 1. The third kappa shape index (κ3) is 2.95. The monoisotopic (exact) mass is 351 g/mol. The molecule has 0 atom stereocenters. The number of carboxylic acids is 1. The van der Waals surface area contributed by atoms with Crippen LogP contribution in [-0.4, -0.2) is 33.0 Å². The SMILES string of the molecule is COc1cnc2c(C(=O)O)nn(Cc3ccc(Cl)cc3Cl)c2c1. The molecular weight excluding hydrogens is 341 g/mol. The van der Waals surface area contributed by atoms with Crippen molar-refractivity contribution in [3.05, 3.63) is 51.8 Å². The molecule has 23 heavy (non-hydrogen) atoms. The Hall–Kier alpha value is -2.31. The highest BCUT2D eigenvalue weighted by Crippen LogP contribution is 2.25. The topological polar surface area (TPSA) is 77.2 Å². The van der Waals surface area contributed by atoms with Gasteiger partial charge in [-0.15, -0.1) is 0 Å². The van der Waals surface area contributed by atoms with Crippen LogP contribution in [0, 0.1) is 0 Å². The van der Waals surface area contributed by atoms with E-state index in [1.54, 1.807) is 24.3 Å². The average molecular weight is 352 g/mol. The second kappa shape index (κ2) is 6.06. The molecule has 3 rings (SSSR count). The van der Waals surface area contributed by atoms with E-state index in [1.807, 2.05) is 0 Å². The van der Waals surface area contributed by atoms with Crippen molar-refractivity contribution in [2.24, 2.45) is 0 Å². The van der Waals surface area contributed by atoms with E-state index >= 15 is 0 Å². The van der Waals surface area contributed by atoms with Crippen LogP contribution >= 0.6 is 23.2 Å². The summed E-state index contributed by atoms with van der Waals surface area (Å²) in [5.74, 6) is -0.633. The molecule has 118 valence electrons. The van der Waals surface area contributed by atoms with E-state index in [-0.39, 0.29) is 12.2 Å². The van der Waals surface area contributed by atoms with E-state index in [1.165, 1.54) is 18.0 Å². The first-order chi connectivity index (χ1) is 11.0. The number of nitrogens with zero attached hydrogens (tertiary/aromatic N) is 3. The van der Waals surface area contributed by atoms with Crippen LogP contribution in [0.3, 0.4) is 0 Å². The predicted molar refractivity (Wildman–Crippen MR) is 86.6 cm³/mol. The van der Waals surface area contributed by atoms with Gasteiger partial charge < -0.3 is 9.84 Å². The molecule has 6 nitrogen and oxygen atoms in total. The Bertz CT molecular complexity index is 908. The van der Waals surface area contributed by atoms with Gasteiger partial charge in [-0.1, -0.05) is 29.3 Å². The molecule has 0 amide bonds. The second-order valence-electron chi connectivity index (χ2n) is 4.79. The van der Waals surface area contributed by atoms with Crippen LogP contribution in [-0.2, 0) is 6.54 Å². The number of aromatic nitrogens is 3. The highest BCUT2D eigenvalue weighted by Gasteiger charge is 2.19. The van der Waals surface area contributed by atoms with E-state index in [0.29, 0.717) is 26.8 Å². The zero-order chi connectivity index (χ0) is 16.6. The van der Waals surface area contributed by atoms with Crippen LogP contribution < -0.4 is 4.74 Å². The molecule has 0 fully saturated rings. The zero-order valence-corrected chi connectivity index (χ0v) is 13.5. The average Bonchev–Trinajstić information content (AvgIpc) is 2.88. The number of rotatable bonds is 4. The molecule has 0 radical (unpaired) electrons. The quantitative estimate of drug-likeness (QED) is 0.778. The molecule has 0 saturated carbocycles. The summed E-state index contributed by atoms with van der Waals surface area (Å²) < 4.78 is 6.67. The number of aromatic carboxylic acids is 1. The van der Waals surface area contributed by atoms with Crippen molar-refractivity contribution in [3.8, 4) is 5.75 Å². The third-order valence-corrected chi connectivity index (χ3v) is 3.93. The molecule has 0 aliphatic rings. The van der Waals surface area contributed by atoms with Crippen molar-refractivity contribution < 1.29 is 14.6 Å². The summed E-state index contributed by atoms with van der Waals surface area (Å²) in [4.78, 5) is 15.5. The third-order valence-electron chi connectivity index (χ3n) is 3.34. The first kappa shape index (κ1) is 15.6. The van der Waals surface area contributed by atoms with E-state index in [2.05, 4.69) is 10.1 Å². The van der Waals surface area contributed by atoms with E-state index in [4.69, 9.17) is 27.9 Å². The lowest BCUT2D eigenvalue weighted by molar-refractivity contribution is 0.0691. The summed E-state index contributed by atoms with van der Waals surface area (Å²) >= 11 is 12.1. The fourth-order valence-corrected chi connectivity index (χ4v) is 2.69. The number of pyridine rings is 1. The Morgan fingerprint density at radius 3 is 2.78 bits per heavy atom. The summed E-state index contributed by atoms with van der Waals surface area (Å²) in [5.41, 5.74) is 1.49. The number of hydrogen-bond acceptors (Lipinski definition) is 4. The minimum Gasteiger partial charge on any atom is -0.495 e. The fourth-order valence-electron chi connectivity index (χ4n) is 2.22. The number of ether oxygens (including phenoxy) is 1. The van der Waals surface area contributed by atoms with Gasteiger partial charge in [-0.25, -0.2) is 9.78 Å². The van der Waals surface area contributed by atoms with Crippen LogP contribution in [0.4, 0.5) is 0 Å².